The molecular weight excluding hydrogens is 492 g/mol. The lowest BCUT2D eigenvalue weighted by molar-refractivity contribution is 0.279. The third kappa shape index (κ3) is 6.16. The summed E-state index contributed by atoms with van der Waals surface area (Å²) in [6, 6.07) is 10.7. The van der Waals surface area contributed by atoms with E-state index in [9.17, 15) is 0 Å². The maximum Gasteiger partial charge on any atom is 0.191 e. The number of hydrogen-bond acceptors (Lipinski definition) is 1. The molecule has 0 saturated heterocycles. The van der Waals surface area contributed by atoms with Crippen molar-refractivity contribution in [2.45, 2.75) is 58.2 Å². The third-order valence-corrected chi connectivity index (χ3v) is 11.5. The van der Waals surface area contributed by atoms with Crippen LogP contribution in [-0.4, -0.2) is 14.9 Å². The lowest BCUT2D eigenvalue weighted by Gasteiger charge is -2.36. The van der Waals surface area contributed by atoms with E-state index in [4.69, 9.17) is 4.43 Å². The first kappa shape index (κ1) is 23.6. The molecule has 4 heteroatoms. The van der Waals surface area contributed by atoms with Gasteiger partial charge in [-0.05, 0) is 65.7 Å². The van der Waals surface area contributed by atoms with Crippen molar-refractivity contribution in [2.75, 3.05) is 6.61 Å². The summed E-state index contributed by atoms with van der Waals surface area (Å²) in [5.74, 6) is 0. The highest BCUT2D eigenvalue weighted by molar-refractivity contribution is 9.11. The summed E-state index contributed by atoms with van der Waals surface area (Å²) in [6.07, 6.45) is 7.68. The van der Waals surface area contributed by atoms with Gasteiger partial charge in [0.25, 0.3) is 0 Å². The highest BCUT2D eigenvalue weighted by atomic mass is 79.9. The zero-order valence-corrected chi connectivity index (χ0v) is 21.9. The van der Waals surface area contributed by atoms with Crippen LogP contribution in [0.2, 0.25) is 18.1 Å². The number of hydrogen-bond donors (Lipinski definition) is 0. The summed E-state index contributed by atoms with van der Waals surface area (Å²) in [5, 5.41) is 0.287. The third-order valence-electron chi connectivity index (χ3n) is 5.64. The Morgan fingerprint density at radius 3 is 2.14 bits per heavy atom. The van der Waals surface area contributed by atoms with Crippen LogP contribution in [0.15, 0.2) is 58.0 Å². The van der Waals surface area contributed by atoms with Crippen molar-refractivity contribution < 1.29 is 4.43 Å². The maximum atomic E-state index is 6.24. The van der Waals surface area contributed by atoms with Crippen molar-refractivity contribution in [1.29, 1.82) is 0 Å². The van der Waals surface area contributed by atoms with Gasteiger partial charge in [0.15, 0.2) is 8.32 Å². The summed E-state index contributed by atoms with van der Waals surface area (Å²) in [7, 11) is -1.61. The van der Waals surface area contributed by atoms with E-state index in [0.29, 0.717) is 0 Å². The minimum atomic E-state index is -1.61. The molecule has 152 valence electrons. The highest BCUT2D eigenvalue weighted by Gasteiger charge is 2.36. The first-order valence-electron chi connectivity index (χ1n) is 9.90. The summed E-state index contributed by atoms with van der Waals surface area (Å²) in [4.78, 5) is 0. The molecule has 2 aliphatic rings. The Morgan fingerprint density at radius 2 is 1.61 bits per heavy atom. The predicted molar refractivity (Wildman–Crippen MR) is 134 cm³/mol. The standard InChI is InChI=1S/C24H32Br2OSi/c1-18(11-9-7-8-10-16-27-28(5,6)24(2,3)4)19-12-14-20-21(15-13-19)23(26)17-22(20)25/h9,11-15,17H,1,7-8,10,16H2,2-6H3/b11-9+. The Labute approximate surface area is 189 Å². The molecule has 0 aromatic carbocycles. The van der Waals surface area contributed by atoms with Crippen molar-refractivity contribution in [3.63, 3.8) is 0 Å². The summed E-state index contributed by atoms with van der Waals surface area (Å²) >= 11 is 7.24. The van der Waals surface area contributed by atoms with E-state index in [1.54, 1.807) is 0 Å². The molecular formula is C24H32Br2OSi. The molecule has 1 nitrogen and oxygen atoms in total. The quantitative estimate of drug-likeness (QED) is 0.190. The van der Waals surface area contributed by atoms with Crippen LogP contribution in [-0.2, 0) is 4.43 Å². The van der Waals surface area contributed by atoms with Crippen LogP contribution in [0.25, 0.3) is 16.7 Å². The van der Waals surface area contributed by atoms with Gasteiger partial charge in [-0.2, -0.15) is 0 Å². The van der Waals surface area contributed by atoms with Crippen LogP contribution >= 0.6 is 31.9 Å². The molecule has 0 saturated carbocycles. The van der Waals surface area contributed by atoms with Crippen molar-refractivity contribution in [1.82, 2.24) is 0 Å². The van der Waals surface area contributed by atoms with E-state index < -0.39 is 8.32 Å². The lowest BCUT2D eigenvalue weighted by atomic mass is 10.1. The second-order valence-corrected chi connectivity index (χ2v) is 15.3. The second-order valence-electron chi connectivity index (χ2n) is 8.82. The van der Waals surface area contributed by atoms with Crippen LogP contribution in [0.1, 0.15) is 45.6 Å². The Hall–Kier alpha value is -0.683. The van der Waals surface area contributed by atoms with Crippen LogP contribution in [0.5, 0.6) is 0 Å². The lowest BCUT2D eigenvalue weighted by Crippen LogP contribution is -2.40. The topological polar surface area (TPSA) is 9.23 Å². The van der Waals surface area contributed by atoms with Crippen molar-refractivity contribution in [3.05, 3.63) is 63.6 Å². The minimum absolute atomic E-state index is 0.287. The van der Waals surface area contributed by atoms with Crippen molar-refractivity contribution >= 4 is 45.8 Å². The van der Waals surface area contributed by atoms with Crippen molar-refractivity contribution in [3.8, 4) is 11.1 Å². The molecule has 0 aromatic rings. The molecule has 2 rings (SSSR count). The largest absolute Gasteiger partial charge is 0.417 e. The number of rotatable bonds is 8. The Balaban J connectivity index is 1.83. The van der Waals surface area contributed by atoms with Gasteiger partial charge in [-0.15, -0.1) is 0 Å². The molecule has 0 aromatic heterocycles. The highest BCUT2D eigenvalue weighted by Crippen LogP contribution is 2.39. The van der Waals surface area contributed by atoms with E-state index in [-0.39, 0.29) is 5.04 Å². The summed E-state index contributed by atoms with van der Waals surface area (Å²) in [6.45, 7) is 16.6. The molecule has 0 unspecified atom stereocenters. The summed E-state index contributed by atoms with van der Waals surface area (Å²) in [5.41, 5.74) is 4.60. The molecule has 2 aliphatic carbocycles. The van der Waals surface area contributed by atoms with Crippen LogP contribution in [0, 0.1) is 0 Å². The predicted octanol–water partition coefficient (Wildman–Crippen LogP) is 9.08. The fourth-order valence-electron chi connectivity index (χ4n) is 2.71. The number of unbranched alkanes of at least 4 members (excludes halogenated alkanes) is 2. The van der Waals surface area contributed by atoms with Crippen molar-refractivity contribution in [2.24, 2.45) is 0 Å². The Bertz CT molecular complexity index is 781. The monoisotopic (exact) mass is 522 g/mol. The maximum absolute atomic E-state index is 6.24. The normalized spacial score (nSPS) is 12.8. The average molecular weight is 524 g/mol. The van der Waals surface area contributed by atoms with Gasteiger partial charge in [0.1, 0.15) is 0 Å². The Kier molecular flexibility index (Phi) is 8.33. The second kappa shape index (κ2) is 9.88. The zero-order valence-electron chi connectivity index (χ0n) is 17.7. The fourth-order valence-corrected chi connectivity index (χ4v) is 5.25. The van der Waals surface area contributed by atoms with Gasteiger partial charge >= 0.3 is 0 Å². The van der Waals surface area contributed by atoms with Crippen LogP contribution in [0.4, 0.5) is 0 Å². The van der Waals surface area contributed by atoms with Gasteiger partial charge in [-0.3, -0.25) is 0 Å². The van der Waals surface area contributed by atoms with E-state index >= 15 is 0 Å². The number of allylic oxidation sites excluding steroid dienone is 3. The number of fused-ring (bicyclic) bond motifs is 1. The molecule has 0 spiro atoms. The molecule has 0 N–H and O–H groups in total. The molecule has 0 amide bonds. The molecule has 0 atom stereocenters. The van der Waals surface area contributed by atoms with Gasteiger partial charge in [0.2, 0.25) is 0 Å². The molecule has 0 heterocycles. The Morgan fingerprint density at radius 1 is 1.04 bits per heavy atom. The number of halogens is 2. The van der Waals surface area contributed by atoms with E-state index in [1.807, 2.05) is 0 Å². The minimum Gasteiger partial charge on any atom is -0.417 e. The van der Waals surface area contributed by atoms with Gasteiger partial charge in [0.05, 0.1) is 0 Å². The average Bonchev–Trinajstić information content (AvgIpc) is 2.76. The summed E-state index contributed by atoms with van der Waals surface area (Å²) < 4.78 is 8.46. The SMILES string of the molecule is C=C(/C=C/CCCCO[Si](C)(C)C(C)(C)C)c1ccc2c(Br)cc(Br)c-2cc1. The fraction of sp³-hybridized carbons (Fsp3) is 0.417. The molecule has 0 radical (unpaired) electrons. The molecule has 0 fully saturated rings. The first-order valence-corrected chi connectivity index (χ1v) is 14.4. The van der Waals surface area contributed by atoms with E-state index in [1.165, 1.54) is 11.1 Å². The van der Waals surface area contributed by atoms with Gasteiger partial charge in [0, 0.05) is 15.6 Å². The van der Waals surface area contributed by atoms with E-state index in [2.05, 4.69) is 115 Å². The zero-order chi connectivity index (χ0) is 20.9. The molecule has 0 aliphatic heterocycles. The first-order chi connectivity index (χ1) is 13.0. The smallest absolute Gasteiger partial charge is 0.191 e. The van der Waals surface area contributed by atoms with Crippen LogP contribution in [0.3, 0.4) is 0 Å². The van der Waals surface area contributed by atoms with Gasteiger partial charge in [-0.25, -0.2) is 0 Å². The molecule has 28 heavy (non-hydrogen) atoms. The molecule has 0 bridgehead atoms. The van der Waals surface area contributed by atoms with Gasteiger partial charge in [-0.1, -0.05) is 95.6 Å². The van der Waals surface area contributed by atoms with Gasteiger partial charge < -0.3 is 4.43 Å². The van der Waals surface area contributed by atoms with E-state index in [0.717, 1.165) is 46.0 Å². The van der Waals surface area contributed by atoms with Crippen LogP contribution < -0.4 is 0 Å².